The van der Waals surface area contributed by atoms with Crippen molar-refractivity contribution in [3.8, 4) is 11.5 Å². The molecule has 0 radical (unpaired) electrons. The Balaban J connectivity index is 1.65. The SMILES string of the molecule is Cc1cc(OCC=C(Cl)Cl)ccc1OCCCCNC(=O)c1ccc(Cl)cc1. The van der Waals surface area contributed by atoms with Gasteiger partial charge in [-0.05, 0) is 73.9 Å². The topological polar surface area (TPSA) is 47.6 Å². The van der Waals surface area contributed by atoms with Crippen molar-refractivity contribution in [3.63, 3.8) is 0 Å². The van der Waals surface area contributed by atoms with Gasteiger partial charge >= 0.3 is 0 Å². The molecule has 0 unspecified atom stereocenters. The molecule has 7 heteroatoms. The van der Waals surface area contributed by atoms with Gasteiger partial charge in [0, 0.05) is 17.1 Å². The van der Waals surface area contributed by atoms with Crippen LogP contribution in [0, 0.1) is 6.92 Å². The van der Waals surface area contributed by atoms with E-state index in [-0.39, 0.29) is 10.4 Å². The molecule has 0 spiro atoms. The van der Waals surface area contributed by atoms with E-state index in [0.29, 0.717) is 30.3 Å². The first-order valence-electron chi connectivity index (χ1n) is 8.87. The number of nitrogens with one attached hydrogen (secondary N) is 1. The summed E-state index contributed by atoms with van der Waals surface area (Å²) in [6, 6.07) is 12.4. The highest BCUT2D eigenvalue weighted by Gasteiger charge is 2.05. The van der Waals surface area contributed by atoms with E-state index in [0.717, 1.165) is 29.9 Å². The van der Waals surface area contributed by atoms with Gasteiger partial charge in [0.1, 0.15) is 22.6 Å². The molecule has 150 valence electrons. The summed E-state index contributed by atoms with van der Waals surface area (Å²) >= 11 is 16.9. The summed E-state index contributed by atoms with van der Waals surface area (Å²) in [5.41, 5.74) is 1.58. The molecule has 28 heavy (non-hydrogen) atoms. The molecule has 1 N–H and O–H groups in total. The number of hydrogen-bond donors (Lipinski definition) is 1. The summed E-state index contributed by atoms with van der Waals surface area (Å²) in [5, 5.41) is 3.50. The predicted octanol–water partition coefficient (Wildman–Crippen LogP) is 5.94. The van der Waals surface area contributed by atoms with Crippen LogP contribution >= 0.6 is 34.8 Å². The summed E-state index contributed by atoms with van der Waals surface area (Å²) in [7, 11) is 0. The third kappa shape index (κ3) is 8.01. The highest BCUT2D eigenvalue weighted by Crippen LogP contribution is 2.24. The number of halogens is 3. The Morgan fingerprint density at radius 3 is 2.50 bits per heavy atom. The third-order valence-electron chi connectivity index (χ3n) is 3.85. The highest BCUT2D eigenvalue weighted by atomic mass is 35.5. The molecule has 2 aromatic rings. The fourth-order valence-corrected chi connectivity index (χ4v) is 2.64. The van der Waals surface area contributed by atoms with Gasteiger partial charge in [0.05, 0.1) is 6.61 Å². The molecule has 1 amide bonds. The van der Waals surface area contributed by atoms with E-state index >= 15 is 0 Å². The van der Waals surface area contributed by atoms with Crippen LogP contribution in [0.25, 0.3) is 0 Å². The molecule has 2 aromatic carbocycles. The van der Waals surface area contributed by atoms with Crippen LogP contribution in [-0.2, 0) is 0 Å². The van der Waals surface area contributed by atoms with Crippen LogP contribution in [0.5, 0.6) is 11.5 Å². The number of amides is 1. The lowest BCUT2D eigenvalue weighted by Gasteiger charge is -2.11. The number of carbonyl (C=O) groups excluding carboxylic acids is 1. The van der Waals surface area contributed by atoms with E-state index in [1.165, 1.54) is 0 Å². The van der Waals surface area contributed by atoms with Crippen LogP contribution < -0.4 is 14.8 Å². The van der Waals surface area contributed by atoms with E-state index in [4.69, 9.17) is 44.3 Å². The summed E-state index contributed by atoms with van der Waals surface area (Å²) in [5.74, 6) is 1.43. The molecule has 0 atom stereocenters. The number of benzene rings is 2. The maximum atomic E-state index is 12.0. The van der Waals surface area contributed by atoms with Crippen LogP contribution in [0.2, 0.25) is 5.02 Å². The standard InChI is InChI=1S/C21H22Cl3NO3/c1-15-14-18(27-13-10-20(23)24)8-9-19(15)28-12-3-2-11-25-21(26)16-4-6-17(22)7-5-16/h4-10,14H,2-3,11-13H2,1H3,(H,25,26). The van der Waals surface area contributed by atoms with E-state index in [1.807, 2.05) is 25.1 Å². The maximum Gasteiger partial charge on any atom is 0.251 e. The van der Waals surface area contributed by atoms with Gasteiger partial charge in [-0.15, -0.1) is 0 Å². The van der Waals surface area contributed by atoms with Gasteiger partial charge in [-0.2, -0.15) is 0 Å². The van der Waals surface area contributed by atoms with E-state index < -0.39 is 0 Å². The highest BCUT2D eigenvalue weighted by molar-refractivity contribution is 6.55. The fourth-order valence-electron chi connectivity index (χ4n) is 2.39. The number of unbranched alkanes of at least 4 members (excludes halogenated alkanes) is 1. The van der Waals surface area contributed by atoms with Crippen molar-refractivity contribution in [2.24, 2.45) is 0 Å². The van der Waals surface area contributed by atoms with Gasteiger partial charge in [-0.1, -0.05) is 34.8 Å². The molecule has 4 nitrogen and oxygen atoms in total. The molecule has 0 fully saturated rings. The lowest BCUT2D eigenvalue weighted by Crippen LogP contribution is -2.24. The Bertz CT molecular complexity index is 803. The van der Waals surface area contributed by atoms with Crippen molar-refractivity contribution >= 4 is 40.7 Å². The molecule has 0 bridgehead atoms. The van der Waals surface area contributed by atoms with Crippen molar-refractivity contribution in [2.45, 2.75) is 19.8 Å². The zero-order chi connectivity index (χ0) is 20.4. The smallest absolute Gasteiger partial charge is 0.251 e. The molecule has 0 aromatic heterocycles. The fraction of sp³-hybridized carbons (Fsp3) is 0.286. The van der Waals surface area contributed by atoms with Gasteiger partial charge in [-0.25, -0.2) is 0 Å². The van der Waals surface area contributed by atoms with Crippen molar-refractivity contribution in [1.29, 1.82) is 0 Å². The number of aryl methyl sites for hydroxylation is 1. The van der Waals surface area contributed by atoms with Crippen molar-refractivity contribution in [1.82, 2.24) is 5.32 Å². The van der Waals surface area contributed by atoms with Crippen LogP contribution in [-0.4, -0.2) is 25.7 Å². The third-order valence-corrected chi connectivity index (χ3v) is 4.42. The number of rotatable bonds is 10. The minimum absolute atomic E-state index is 0.102. The second-order valence-electron chi connectivity index (χ2n) is 6.05. The lowest BCUT2D eigenvalue weighted by molar-refractivity contribution is 0.0952. The maximum absolute atomic E-state index is 12.0. The Labute approximate surface area is 180 Å². The quantitative estimate of drug-likeness (QED) is 0.464. The summed E-state index contributed by atoms with van der Waals surface area (Å²) in [4.78, 5) is 12.0. The second kappa shape index (κ2) is 11.8. The predicted molar refractivity (Wildman–Crippen MR) is 115 cm³/mol. The van der Waals surface area contributed by atoms with Gasteiger partial charge < -0.3 is 14.8 Å². The summed E-state index contributed by atoms with van der Waals surface area (Å²) in [6.45, 7) is 3.43. The monoisotopic (exact) mass is 441 g/mol. The molecule has 0 aliphatic carbocycles. The van der Waals surface area contributed by atoms with E-state index in [1.54, 1.807) is 30.3 Å². The molecule has 2 rings (SSSR count). The molecule has 0 heterocycles. The Morgan fingerprint density at radius 2 is 1.82 bits per heavy atom. The van der Waals surface area contributed by atoms with Crippen LogP contribution in [0.15, 0.2) is 53.0 Å². The zero-order valence-corrected chi connectivity index (χ0v) is 17.8. The van der Waals surface area contributed by atoms with Gasteiger partial charge in [0.25, 0.3) is 5.91 Å². The number of carbonyl (C=O) groups is 1. The van der Waals surface area contributed by atoms with Gasteiger partial charge in [-0.3, -0.25) is 4.79 Å². The molecule has 0 saturated heterocycles. The molecular weight excluding hydrogens is 421 g/mol. The zero-order valence-electron chi connectivity index (χ0n) is 15.5. The molecule has 0 saturated carbocycles. The first kappa shape index (κ1) is 22.4. The summed E-state index contributed by atoms with van der Waals surface area (Å²) < 4.78 is 11.5. The van der Waals surface area contributed by atoms with E-state index in [9.17, 15) is 4.79 Å². The normalized spacial score (nSPS) is 10.3. The number of ether oxygens (including phenoxy) is 2. The Kier molecular flexibility index (Phi) is 9.48. The van der Waals surface area contributed by atoms with Crippen LogP contribution in [0.1, 0.15) is 28.8 Å². The molecular formula is C21H22Cl3NO3. The van der Waals surface area contributed by atoms with Crippen molar-refractivity contribution in [2.75, 3.05) is 19.8 Å². The minimum Gasteiger partial charge on any atom is -0.493 e. The average molecular weight is 443 g/mol. The molecule has 0 aliphatic heterocycles. The van der Waals surface area contributed by atoms with E-state index in [2.05, 4.69) is 5.32 Å². The minimum atomic E-state index is -0.102. The Hall–Kier alpha value is -1.88. The van der Waals surface area contributed by atoms with Gasteiger partial charge in [0.15, 0.2) is 0 Å². The Morgan fingerprint density at radius 1 is 1.07 bits per heavy atom. The lowest BCUT2D eigenvalue weighted by atomic mass is 10.2. The molecule has 0 aliphatic rings. The van der Waals surface area contributed by atoms with Crippen molar-refractivity contribution in [3.05, 3.63) is 69.2 Å². The van der Waals surface area contributed by atoms with Crippen molar-refractivity contribution < 1.29 is 14.3 Å². The first-order valence-corrected chi connectivity index (χ1v) is 10.0. The average Bonchev–Trinajstić information content (AvgIpc) is 2.66. The summed E-state index contributed by atoms with van der Waals surface area (Å²) in [6.07, 6.45) is 3.23. The largest absolute Gasteiger partial charge is 0.493 e. The van der Waals surface area contributed by atoms with Crippen LogP contribution in [0.3, 0.4) is 0 Å². The second-order valence-corrected chi connectivity index (χ2v) is 7.49. The first-order chi connectivity index (χ1) is 13.5. The van der Waals surface area contributed by atoms with Crippen LogP contribution in [0.4, 0.5) is 0 Å². The number of hydrogen-bond acceptors (Lipinski definition) is 3. The van der Waals surface area contributed by atoms with Gasteiger partial charge in [0.2, 0.25) is 0 Å².